The maximum Gasteiger partial charge on any atom is 0.0846 e. The average molecular weight is 386 g/mol. The van der Waals surface area contributed by atoms with E-state index in [9.17, 15) is 0 Å². The van der Waals surface area contributed by atoms with E-state index >= 15 is 0 Å². The Bertz CT molecular complexity index is 618. The van der Waals surface area contributed by atoms with Gasteiger partial charge in [-0.25, -0.2) is 0 Å². The molecule has 0 saturated heterocycles. The molecule has 0 saturated carbocycles. The molecule has 0 N–H and O–H groups in total. The van der Waals surface area contributed by atoms with Crippen molar-refractivity contribution in [3.8, 4) is 0 Å². The van der Waals surface area contributed by atoms with Crippen LogP contribution < -0.4 is 0 Å². The first-order valence-corrected chi connectivity index (χ1v) is 8.65. The second kappa shape index (κ2) is 6.73. The van der Waals surface area contributed by atoms with E-state index in [0.29, 0.717) is 5.02 Å². The first-order valence-electron chi connectivity index (χ1n) is 7.04. The molecule has 0 heterocycles. The fourth-order valence-corrected chi connectivity index (χ4v) is 3.57. The van der Waals surface area contributed by atoms with Crippen LogP contribution in [0.4, 0.5) is 0 Å². The van der Waals surface area contributed by atoms with Crippen molar-refractivity contribution in [2.75, 3.05) is 0 Å². The topological polar surface area (TPSA) is 0 Å². The predicted octanol–water partition coefficient (Wildman–Crippen LogP) is 7.12. The van der Waals surface area contributed by atoms with E-state index < -0.39 is 0 Å². The largest absolute Gasteiger partial charge is 0.113 e. The van der Waals surface area contributed by atoms with E-state index in [1.807, 2.05) is 18.2 Å². The minimum absolute atomic E-state index is 0.185. The number of rotatable bonds is 4. The molecule has 0 aliphatic carbocycles. The second-order valence-electron chi connectivity index (χ2n) is 5.89. The van der Waals surface area contributed by atoms with Gasteiger partial charge in [-0.3, -0.25) is 0 Å². The van der Waals surface area contributed by atoms with Crippen molar-refractivity contribution in [2.45, 2.75) is 38.0 Å². The molecule has 0 aliphatic heterocycles. The first kappa shape index (κ1) is 16.9. The van der Waals surface area contributed by atoms with E-state index in [-0.39, 0.29) is 10.8 Å². The second-order valence-corrected chi connectivity index (χ2v) is 7.62. The van der Waals surface area contributed by atoms with E-state index in [4.69, 9.17) is 23.2 Å². The molecule has 2 aromatic rings. The van der Waals surface area contributed by atoms with Crippen LogP contribution in [0.15, 0.2) is 46.9 Å². The third kappa shape index (κ3) is 3.83. The summed E-state index contributed by atoms with van der Waals surface area (Å²) in [6.45, 7) is 6.73. The van der Waals surface area contributed by atoms with Crippen LogP contribution in [0.3, 0.4) is 0 Å². The zero-order valence-corrected chi connectivity index (χ0v) is 15.6. The van der Waals surface area contributed by atoms with Gasteiger partial charge in [0.2, 0.25) is 0 Å². The van der Waals surface area contributed by atoms with Crippen molar-refractivity contribution in [3.05, 3.63) is 68.7 Å². The van der Waals surface area contributed by atoms with Crippen molar-refractivity contribution in [2.24, 2.45) is 0 Å². The zero-order valence-electron chi connectivity index (χ0n) is 12.5. The van der Waals surface area contributed by atoms with Gasteiger partial charge in [-0.05, 0) is 40.7 Å². The van der Waals surface area contributed by atoms with Gasteiger partial charge in [0, 0.05) is 9.50 Å². The average Bonchev–Trinajstić information content (AvgIpc) is 2.47. The molecule has 1 unspecified atom stereocenters. The molecule has 0 radical (unpaired) electrons. The molecule has 0 fully saturated rings. The standard InChI is InChI=1S/C18H19BrCl2/c1-4-18(2,3)13-7-5-12(6-8-13)17(21)15-10-9-14(20)11-16(15)19/h5-11,17H,4H2,1-3H3. The Hall–Kier alpha value is -0.500. The quantitative estimate of drug-likeness (QED) is 0.491. The van der Waals surface area contributed by atoms with Gasteiger partial charge in [0.05, 0.1) is 5.38 Å². The van der Waals surface area contributed by atoms with Crippen LogP contribution in [0.5, 0.6) is 0 Å². The fraction of sp³-hybridized carbons (Fsp3) is 0.333. The normalized spacial score (nSPS) is 13.2. The Labute approximate surface area is 145 Å². The molecule has 0 aliphatic rings. The summed E-state index contributed by atoms with van der Waals surface area (Å²) in [5.74, 6) is 0. The van der Waals surface area contributed by atoms with Gasteiger partial charge >= 0.3 is 0 Å². The number of hydrogen-bond acceptors (Lipinski definition) is 0. The minimum atomic E-state index is -0.185. The lowest BCUT2D eigenvalue weighted by Gasteiger charge is -2.24. The van der Waals surface area contributed by atoms with Crippen molar-refractivity contribution in [1.82, 2.24) is 0 Å². The number of alkyl halides is 1. The smallest absolute Gasteiger partial charge is 0.0846 e. The molecule has 0 aromatic heterocycles. The zero-order chi connectivity index (χ0) is 15.6. The van der Waals surface area contributed by atoms with Crippen LogP contribution in [0, 0.1) is 0 Å². The Morgan fingerprint density at radius 3 is 2.24 bits per heavy atom. The van der Waals surface area contributed by atoms with Crippen LogP contribution in [0.25, 0.3) is 0 Å². The molecule has 0 nitrogen and oxygen atoms in total. The molecule has 21 heavy (non-hydrogen) atoms. The maximum absolute atomic E-state index is 6.62. The summed E-state index contributed by atoms with van der Waals surface area (Å²) in [6.07, 6.45) is 1.11. The van der Waals surface area contributed by atoms with Crippen molar-refractivity contribution >= 4 is 39.1 Å². The summed E-state index contributed by atoms with van der Waals surface area (Å²) in [5, 5.41) is 0.518. The lowest BCUT2D eigenvalue weighted by atomic mass is 9.82. The van der Waals surface area contributed by atoms with Gasteiger partial charge in [-0.15, -0.1) is 11.6 Å². The third-order valence-electron chi connectivity index (χ3n) is 4.10. The van der Waals surface area contributed by atoms with E-state index in [1.54, 1.807) is 0 Å². The van der Waals surface area contributed by atoms with E-state index in [0.717, 1.165) is 22.0 Å². The SMILES string of the molecule is CCC(C)(C)c1ccc(C(Cl)c2ccc(Cl)cc2Br)cc1. The van der Waals surface area contributed by atoms with Crippen LogP contribution in [-0.2, 0) is 5.41 Å². The van der Waals surface area contributed by atoms with Crippen LogP contribution in [-0.4, -0.2) is 0 Å². The summed E-state index contributed by atoms with van der Waals surface area (Å²) < 4.78 is 0.938. The summed E-state index contributed by atoms with van der Waals surface area (Å²) in [6, 6.07) is 14.3. The molecular formula is C18H19BrCl2. The highest BCUT2D eigenvalue weighted by Gasteiger charge is 2.19. The maximum atomic E-state index is 6.62. The predicted molar refractivity (Wildman–Crippen MR) is 96.6 cm³/mol. The molecule has 0 bridgehead atoms. The molecule has 112 valence electrons. The van der Waals surface area contributed by atoms with Crippen LogP contribution >= 0.6 is 39.1 Å². The molecule has 0 amide bonds. The highest BCUT2D eigenvalue weighted by molar-refractivity contribution is 9.10. The molecule has 0 spiro atoms. The lowest BCUT2D eigenvalue weighted by molar-refractivity contribution is 0.506. The van der Waals surface area contributed by atoms with Crippen LogP contribution in [0.1, 0.15) is 49.3 Å². The molecule has 2 rings (SSSR count). The Morgan fingerprint density at radius 2 is 1.71 bits per heavy atom. The number of benzene rings is 2. The van der Waals surface area contributed by atoms with Crippen molar-refractivity contribution in [1.29, 1.82) is 0 Å². The highest BCUT2D eigenvalue weighted by Crippen LogP contribution is 2.36. The lowest BCUT2D eigenvalue weighted by Crippen LogP contribution is -2.15. The fourth-order valence-electron chi connectivity index (χ4n) is 2.19. The van der Waals surface area contributed by atoms with E-state index in [2.05, 4.69) is 61.0 Å². The summed E-state index contributed by atoms with van der Waals surface area (Å²) in [5.41, 5.74) is 3.66. The first-order chi connectivity index (χ1) is 9.85. The van der Waals surface area contributed by atoms with Crippen molar-refractivity contribution in [3.63, 3.8) is 0 Å². The monoisotopic (exact) mass is 384 g/mol. The summed E-state index contributed by atoms with van der Waals surface area (Å²) in [7, 11) is 0. The van der Waals surface area contributed by atoms with E-state index in [1.165, 1.54) is 5.56 Å². The Balaban J connectivity index is 2.30. The third-order valence-corrected chi connectivity index (χ3v) is 5.51. The Morgan fingerprint density at radius 1 is 1.10 bits per heavy atom. The number of halogens is 3. The summed E-state index contributed by atoms with van der Waals surface area (Å²) in [4.78, 5) is 0. The molecular weight excluding hydrogens is 367 g/mol. The van der Waals surface area contributed by atoms with Gasteiger partial charge in [0.15, 0.2) is 0 Å². The Kier molecular flexibility index (Phi) is 5.40. The molecule has 3 heteroatoms. The van der Waals surface area contributed by atoms with Gasteiger partial charge in [0.25, 0.3) is 0 Å². The van der Waals surface area contributed by atoms with Gasteiger partial charge in [-0.2, -0.15) is 0 Å². The summed E-state index contributed by atoms with van der Waals surface area (Å²) >= 11 is 16.1. The van der Waals surface area contributed by atoms with Gasteiger partial charge in [0.1, 0.15) is 0 Å². The van der Waals surface area contributed by atoms with Gasteiger partial charge in [-0.1, -0.05) is 78.6 Å². The highest BCUT2D eigenvalue weighted by atomic mass is 79.9. The molecule has 1 atom stereocenters. The number of hydrogen-bond donors (Lipinski definition) is 0. The van der Waals surface area contributed by atoms with Crippen molar-refractivity contribution < 1.29 is 0 Å². The molecule has 2 aromatic carbocycles. The minimum Gasteiger partial charge on any atom is -0.113 e. The van der Waals surface area contributed by atoms with Gasteiger partial charge < -0.3 is 0 Å². The van der Waals surface area contributed by atoms with Crippen LogP contribution in [0.2, 0.25) is 5.02 Å².